The van der Waals surface area contributed by atoms with Crippen molar-refractivity contribution in [2.75, 3.05) is 13.1 Å². The number of rotatable bonds is 12. The lowest BCUT2D eigenvalue weighted by Gasteiger charge is -2.11. The standard InChI is InChI=1S/2C9H20N4O.CH4/c2*1-6(2)8(14)7(10)4-3-5-13-9(11)12;/h2*6-7H,3-5,10H2,1-2H3,(H4,11,12,13);1H4/t2*7-;/m10./s1. The molecule has 0 rings (SSSR count). The summed E-state index contributed by atoms with van der Waals surface area (Å²) in [6.07, 6.45) is 2.73. The molecular formula is C19H44N8O2. The van der Waals surface area contributed by atoms with E-state index in [-0.39, 0.29) is 54.8 Å². The molecule has 0 saturated heterocycles. The van der Waals surface area contributed by atoms with Gasteiger partial charge in [0.2, 0.25) is 0 Å². The number of hydrogen-bond acceptors (Lipinski definition) is 6. The second kappa shape index (κ2) is 17.9. The molecule has 29 heavy (non-hydrogen) atoms. The first-order valence-electron chi connectivity index (χ1n) is 9.59. The van der Waals surface area contributed by atoms with Crippen molar-refractivity contribution in [1.82, 2.24) is 0 Å². The molecule has 0 bridgehead atoms. The third-order valence-electron chi connectivity index (χ3n) is 3.80. The van der Waals surface area contributed by atoms with Gasteiger partial charge in [-0.25, -0.2) is 0 Å². The van der Waals surface area contributed by atoms with Crippen LogP contribution in [0, 0.1) is 11.8 Å². The third kappa shape index (κ3) is 18.9. The van der Waals surface area contributed by atoms with Crippen LogP contribution in [0.25, 0.3) is 0 Å². The van der Waals surface area contributed by atoms with Crippen molar-refractivity contribution < 1.29 is 9.59 Å². The van der Waals surface area contributed by atoms with E-state index in [9.17, 15) is 9.59 Å². The number of carbonyl (C=O) groups excluding carboxylic acids is 2. The van der Waals surface area contributed by atoms with E-state index >= 15 is 0 Å². The molecule has 0 fully saturated rings. The summed E-state index contributed by atoms with van der Waals surface area (Å²) in [5.74, 6) is 0.327. The van der Waals surface area contributed by atoms with Crippen LogP contribution in [0.3, 0.4) is 0 Å². The van der Waals surface area contributed by atoms with Crippen LogP contribution >= 0.6 is 0 Å². The summed E-state index contributed by atoms with van der Waals surface area (Å²) in [6.45, 7) is 8.44. The first kappa shape index (κ1) is 31.5. The van der Waals surface area contributed by atoms with Gasteiger partial charge >= 0.3 is 0 Å². The van der Waals surface area contributed by atoms with Crippen molar-refractivity contribution in [3.8, 4) is 0 Å². The van der Waals surface area contributed by atoms with Gasteiger partial charge in [-0.15, -0.1) is 0 Å². The molecule has 0 spiro atoms. The molecule has 10 heteroatoms. The van der Waals surface area contributed by atoms with E-state index < -0.39 is 0 Å². The summed E-state index contributed by atoms with van der Waals surface area (Å²) in [7, 11) is 0. The van der Waals surface area contributed by atoms with Crippen LogP contribution < -0.4 is 34.4 Å². The number of Topliss-reactive ketones (excluding diaryl/α,β-unsaturated/α-hetero) is 2. The Kier molecular flexibility index (Phi) is 19.4. The number of ketones is 2. The number of hydrogen-bond donors (Lipinski definition) is 6. The van der Waals surface area contributed by atoms with Gasteiger partial charge in [-0.2, -0.15) is 0 Å². The SMILES string of the molecule is C.CC(C)C(=O)[C@@H](N)CCCN=C(N)N.CC(C)C(=O)[C@H](N)CCCN=C(N)N. The fraction of sp³-hybridized carbons (Fsp3) is 0.789. The minimum atomic E-state index is -0.385. The van der Waals surface area contributed by atoms with Gasteiger partial charge < -0.3 is 34.4 Å². The van der Waals surface area contributed by atoms with Crippen molar-refractivity contribution in [2.45, 2.75) is 72.9 Å². The number of guanidine groups is 2. The van der Waals surface area contributed by atoms with E-state index in [1.165, 1.54) is 0 Å². The Morgan fingerprint density at radius 2 is 0.966 bits per heavy atom. The third-order valence-corrected chi connectivity index (χ3v) is 3.80. The topological polar surface area (TPSA) is 215 Å². The van der Waals surface area contributed by atoms with Crippen molar-refractivity contribution in [2.24, 2.45) is 56.2 Å². The highest BCUT2D eigenvalue weighted by atomic mass is 16.1. The van der Waals surface area contributed by atoms with Crippen LogP contribution in [-0.4, -0.2) is 48.7 Å². The highest BCUT2D eigenvalue weighted by Gasteiger charge is 2.16. The molecule has 2 atom stereocenters. The molecule has 0 radical (unpaired) electrons. The zero-order chi connectivity index (χ0) is 22.3. The highest BCUT2D eigenvalue weighted by Crippen LogP contribution is 2.04. The number of carbonyl (C=O) groups is 2. The predicted molar refractivity (Wildman–Crippen MR) is 122 cm³/mol. The molecule has 0 aromatic carbocycles. The van der Waals surface area contributed by atoms with Gasteiger partial charge in [0, 0.05) is 24.9 Å². The predicted octanol–water partition coefficient (Wildman–Crippen LogP) is -0.179. The first-order valence-corrected chi connectivity index (χ1v) is 9.59. The lowest BCUT2D eigenvalue weighted by molar-refractivity contribution is -0.124. The molecule has 0 amide bonds. The molecule has 0 unspecified atom stereocenters. The Balaban J connectivity index is -0.000000451. The molecule has 0 aliphatic heterocycles. The summed E-state index contributed by atoms with van der Waals surface area (Å²) in [4.78, 5) is 30.3. The van der Waals surface area contributed by atoms with E-state index in [1.807, 2.05) is 27.7 Å². The lowest BCUT2D eigenvalue weighted by atomic mass is 9.99. The van der Waals surface area contributed by atoms with Crippen molar-refractivity contribution in [3.05, 3.63) is 0 Å². The normalized spacial score (nSPS) is 12.1. The molecule has 10 nitrogen and oxygen atoms in total. The summed E-state index contributed by atoms with van der Waals surface area (Å²) in [5.41, 5.74) is 31.9. The number of nitrogens with two attached hydrogens (primary N) is 6. The van der Waals surface area contributed by atoms with E-state index in [1.54, 1.807) is 0 Å². The van der Waals surface area contributed by atoms with Crippen LogP contribution in [0.1, 0.15) is 60.8 Å². The summed E-state index contributed by atoms with van der Waals surface area (Å²) >= 11 is 0. The molecule has 0 aliphatic rings. The zero-order valence-corrected chi connectivity index (χ0v) is 17.7. The molecule has 172 valence electrons. The average molecular weight is 417 g/mol. The van der Waals surface area contributed by atoms with Crippen LogP contribution in [-0.2, 0) is 9.59 Å². The van der Waals surface area contributed by atoms with Gasteiger partial charge in [-0.1, -0.05) is 35.1 Å². The smallest absolute Gasteiger partial charge is 0.185 e. The van der Waals surface area contributed by atoms with Gasteiger partial charge in [0.15, 0.2) is 23.5 Å². The van der Waals surface area contributed by atoms with Crippen LogP contribution in [0.4, 0.5) is 0 Å². The van der Waals surface area contributed by atoms with Crippen molar-refractivity contribution >= 4 is 23.5 Å². The molecule has 0 aromatic heterocycles. The highest BCUT2D eigenvalue weighted by molar-refractivity contribution is 5.85. The Hall–Kier alpha value is -2.20. The van der Waals surface area contributed by atoms with E-state index in [4.69, 9.17) is 34.4 Å². The van der Waals surface area contributed by atoms with Crippen molar-refractivity contribution in [1.29, 1.82) is 0 Å². The Morgan fingerprint density at radius 1 is 0.690 bits per heavy atom. The Labute approximate surface area is 175 Å². The van der Waals surface area contributed by atoms with Crippen LogP contribution in [0.15, 0.2) is 9.98 Å². The first-order chi connectivity index (χ1) is 12.9. The van der Waals surface area contributed by atoms with Gasteiger partial charge in [0.25, 0.3) is 0 Å². The van der Waals surface area contributed by atoms with Gasteiger partial charge in [-0.05, 0) is 25.7 Å². The fourth-order valence-corrected chi connectivity index (χ4v) is 2.18. The molecule has 0 aliphatic carbocycles. The second-order valence-electron chi connectivity index (χ2n) is 7.22. The molecule has 0 saturated carbocycles. The number of nitrogens with zero attached hydrogens (tertiary/aromatic N) is 2. The minimum absolute atomic E-state index is 0. The molecular weight excluding hydrogens is 372 g/mol. The Bertz CT molecular complexity index is 464. The van der Waals surface area contributed by atoms with Crippen LogP contribution in [0.2, 0.25) is 0 Å². The van der Waals surface area contributed by atoms with Crippen LogP contribution in [0.5, 0.6) is 0 Å². The maximum absolute atomic E-state index is 11.4. The molecule has 0 aromatic rings. The maximum atomic E-state index is 11.4. The second-order valence-corrected chi connectivity index (χ2v) is 7.22. The molecule has 12 N–H and O–H groups in total. The summed E-state index contributed by atoms with van der Waals surface area (Å²) < 4.78 is 0. The number of aliphatic imine (C=N–C) groups is 2. The van der Waals surface area contributed by atoms with E-state index in [2.05, 4.69) is 9.98 Å². The van der Waals surface area contributed by atoms with E-state index in [0.29, 0.717) is 25.9 Å². The van der Waals surface area contributed by atoms with Gasteiger partial charge in [-0.3, -0.25) is 19.6 Å². The Morgan fingerprint density at radius 3 is 1.17 bits per heavy atom. The summed E-state index contributed by atoms with van der Waals surface area (Å²) in [5, 5.41) is 0. The average Bonchev–Trinajstić information content (AvgIpc) is 2.60. The fourth-order valence-electron chi connectivity index (χ4n) is 2.18. The maximum Gasteiger partial charge on any atom is 0.185 e. The zero-order valence-electron chi connectivity index (χ0n) is 17.7. The monoisotopic (exact) mass is 416 g/mol. The van der Waals surface area contributed by atoms with E-state index in [0.717, 1.165) is 12.8 Å². The molecule has 0 heterocycles. The minimum Gasteiger partial charge on any atom is -0.370 e. The van der Waals surface area contributed by atoms with Gasteiger partial charge in [0.1, 0.15) is 0 Å². The van der Waals surface area contributed by atoms with Crippen molar-refractivity contribution in [3.63, 3.8) is 0 Å². The quantitative estimate of drug-likeness (QED) is 0.142. The summed E-state index contributed by atoms with van der Waals surface area (Å²) in [6, 6.07) is -0.770. The lowest BCUT2D eigenvalue weighted by Crippen LogP contribution is -2.33. The largest absolute Gasteiger partial charge is 0.370 e. The van der Waals surface area contributed by atoms with Gasteiger partial charge in [0.05, 0.1) is 12.1 Å².